The maximum absolute atomic E-state index is 13.4. The average molecular weight is 244 g/mol. The Hall–Kier alpha value is -0.640. The summed E-state index contributed by atoms with van der Waals surface area (Å²) in [5.74, 6) is -0.209. The van der Waals surface area contributed by atoms with Gasteiger partial charge in [0.05, 0.1) is 6.10 Å². The Kier molecular flexibility index (Phi) is 3.79. The molecule has 88 valence electrons. The number of halogens is 2. The predicted octanol–water partition coefficient (Wildman–Crippen LogP) is 2.75. The molecule has 1 aromatic carbocycles. The van der Waals surface area contributed by atoms with Gasteiger partial charge in [-0.25, -0.2) is 4.39 Å². The lowest BCUT2D eigenvalue weighted by molar-refractivity contribution is 0.0169. The molecule has 1 aromatic rings. The third-order valence-electron chi connectivity index (χ3n) is 3.02. The zero-order valence-corrected chi connectivity index (χ0v) is 9.93. The van der Waals surface area contributed by atoms with E-state index in [4.69, 9.17) is 16.3 Å². The van der Waals surface area contributed by atoms with Gasteiger partial charge in [-0.1, -0.05) is 11.6 Å². The van der Waals surface area contributed by atoms with Gasteiger partial charge in [0.2, 0.25) is 0 Å². The number of rotatable bonds is 4. The van der Waals surface area contributed by atoms with Gasteiger partial charge in [-0.3, -0.25) is 0 Å². The zero-order chi connectivity index (χ0) is 11.5. The Morgan fingerprint density at radius 1 is 1.50 bits per heavy atom. The van der Waals surface area contributed by atoms with E-state index in [-0.39, 0.29) is 5.82 Å². The van der Waals surface area contributed by atoms with Crippen LogP contribution in [0.4, 0.5) is 4.39 Å². The molecule has 0 atom stereocenters. The molecular formula is C12H15ClFNO. The Balaban J connectivity index is 1.83. The molecule has 0 amide bonds. The first-order chi connectivity index (χ1) is 7.69. The molecule has 0 saturated heterocycles. The molecule has 1 aliphatic rings. The molecule has 16 heavy (non-hydrogen) atoms. The summed E-state index contributed by atoms with van der Waals surface area (Å²) in [6.45, 7) is 0.521. The second-order valence-corrected chi connectivity index (χ2v) is 4.58. The molecule has 4 heteroatoms. The van der Waals surface area contributed by atoms with Crippen molar-refractivity contribution in [3.63, 3.8) is 0 Å². The minimum atomic E-state index is -0.209. The van der Waals surface area contributed by atoms with E-state index in [2.05, 4.69) is 5.32 Å². The molecule has 0 aliphatic heterocycles. The highest BCUT2D eigenvalue weighted by molar-refractivity contribution is 6.30. The second-order valence-electron chi connectivity index (χ2n) is 4.14. The van der Waals surface area contributed by atoms with Crippen LogP contribution in [-0.4, -0.2) is 19.3 Å². The van der Waals surface area contributed by atoms with E-state index in [1.54, 1.807) is 19.2 Å². The quantitative estimate of drug-likeness (QED) is 0.878. The first-order valence-electron chi connectivity index (χ1n) is 5.39. The summed E-state index contributed by atoms with van der Waals surface area (Å²) < 4.78 is 18.5. The van der Waals surface area contributed by atoms with Gasteiger partial charge in [-0.2, -0.15) is 0 Å². The van der Waals surface area contributed by atoms with Crippen molar-refractivity contribution in [1.82, 2.24) is 5.32 Å². The van der Waals surface area contributed by atoms with E-state index in [9.17, 15) is 4.39 Å². The van der Waals surface area contributed by atoms with E-state index >= 15 is 0 Å². The maximum atomic E-state index is 13.4. The van der Waals surface area contributed by atoms with E-state index in [1.807, 2.05) is 0 Å². The molecule has 0 heterocycles. The average Bonchev–Trinajstić information content (AvgIpc) is 2.21. The monoisotopic (exact) mass is 243 g/mol. The molecule has 1 N–H and O–H groups in total. The van der Waals surface area contributed by atoms with Crippen molar-refractivity contribution in [3.8, 4) is 0 Å². The van der Waals surface area contributed by atoms with Crippen LogP contribution < -0.4 is 5.32 Å². The molecule has 1 fully saturated rings. The van der Waals surface area contributed by atoms with Gasteiger partial charge in [0.1, 0.15) is 5.82 Å². The molecule has 2 nitrogen and oxygen atoms in total. The fourth-order valence-electron chi connectivity index (χ4n) is 1.86. The Morgan fingerprint density at radius 3 is 2.94 bits per heavy atom. The van der Waals surface area contributed by atoms with Gasteiger partial charge in [-0.15, -0.1) is 0 Å². The number of benzene rings is 1. The fourth-order valence-corrected chi connectivity index (χ4v) is 2.05. The van der Waals surface area contributed by atoms with Crippen LogP contribution in [0.5, 0.6) is 0 Å². The third-order valence-corrected chi connectivity index (χ3v) is 3.25. The molecular weight excluding hydrogens is 229 g/mol. The highest BCUT2D eigenvalue weighted by atomic mass is 35.5. The van der Waals surface area contributed by atoms with Crippen molar-refractivity contribution in [3.05, 3.63) is 34.6 Å². The van der Waals surface area contributed by atoms with Crippen LogP contribution in [0.25, 0.3) is 0 Å². The lowest BCUT2D eigenvalue weighted by atomic mass is 9.89. The summed E-state index contributed by atoms with van der Waals surface area (Å²) in [5, 5.41) is 3.86. The summed E-state index contributed by atoms with van der Waals surface area (Å²) in [6.07, 6.45) is 2.36. The smallest absolute Gasteiger partial charge is 0.127 e. The van der Waals surface area contributed by atoms with Crippen LogP contribution in [-0.2, 0) is 11.3 Å². The molecule has 1 saturated carbocycles. The van der Waals surface area contributed by atoms with E-state index in [0.717, 1.165) is 12.8 Å². The van der Waals surface area contributed by atoms with Gasteiger partial charge in [-0.05, 0) is 31.0 Å². The van der Waals surface area contributed by atoms with Crippen LogP contribution in [0.1, 0.15) is 18.4 Å². The van der Waals surface area contributed by atoms with E-state index < -0.39 is 0 Å². The normalized spacial score (nSPS) is 24.2. The summed E-state index contributed by atoms with van der Waals surface area (Å²) in [5.41, 5.74) is 0.619. The van der Waals surface area contributed by atoms with Gasteiger partial charge in [0.15, 0.2) is 0 Å². The molecule has 0 spiro atoms. The van der Waals surface area contributed by atoms with Crippen LogP contribution in [0.15, 0.2) is 18.2 Å². The summed E-state index contributed by atoms with van der Waals surface area (Å²) >= 11 is 5.81. The number of nitrogens with one attached hydrogen (secondary N) is 1. The molecule has 1 aliphatic carbocycles. The van der Waals surface area contributed by atoms with Crippen LogP contribution in [0.2, 0.25) is 5.02 Å². The highest BCUT2D eigenvalue weighted by Crippen LogP contribution is 2.23. The van der Waals surface area contributed by atoms with Gasteiger partial charge >= 0.3 is 0 Å². The minimum absolute atomic E-state index is 0.209. The predicted molar refractivity (Wildman–Crippen MR) is 62.1 cm³/mol. The molecule has 0 unspecified atom stereocenters. The largest absolute Gasteiger partial charge is 0.381 e. The lowest BCUT2D eigenvalue weighted by Crippen LogP contribution is -2.44. The zero-order valence-electron chi connectivity index (χ0n) is 9.17. The highest BCUT2D eigenvalue weighted by Gasteiger charge is 2.28. The number of ether oxygens (including phenoxy) is 1. The standard InChI is InChI=1S/C12H15ClFNO/c1-16-11-5-10(6-11)15-7-8-4-9(13)2-3-12(8)14/h2-4,10-11,15H,5-7H2,1H3. The van der Waals surface area contributed by atoms with Gasteiger partial charge in [0, 0.05) is 30.3 Å². The number of hydrogen-bond donors (Lipinski definition) is 1. The Bertz CT molecular complexity index is 366. The van der Waals surface area contributed by atoms with E-state index in [1.165, 1.54) is 6.07 Å². The lowest BCUT2D eigenvalue weighted by Gasteiger charge is -2.34. The van der Waals surface area contributed by atoms with E-state index in [0.29, 0.717) is 29.3 Å². The number of hydrogen-bond acceptors (Lipinski definition) is 2. The van der Waals surface area contributed by atoms with Crippen molar-refractivity contribution in [2.24, 2.45) is 0 Å². The molecule has 0 radical (unpaired) electrons. The molecule has 2 rings (SSSR count). The van der Waals surface area contributed by atoms with Crippen LogP contribution in [0.3, 0.4) is 0 Å². The summed E-state index contributed by atoms with van der Waals surface area (Å²) in [6, 6.07) is 5.06. The fraction of sp³-hybridized carbons (Fsp3) is 0.500. The van der Waals surface area contributed by atoms with Crippen LogP contribution >= 0.6 is 11.6 Å². The van der Waals surface area contributed by atoms with Crippen molar-refractivity contribution in [2.45, 2.75) is 31.5 Å². The van der Waals surface area contributed by atoms with Gasteiger partial charge in [0.25, 0.3) is 0 Å². The minimum Gasteiger partial charge on any atom is -0.381 e. The SMILES string of the molecule is COC1CC(NCc2cc(Cl)ccc2F)C1. The molecule has 0 aromatic heterocycles. The van der Waals surface area contributed by atoms with Crippen molar-refractivity contribution in [1.29, 1.82) is 0 Å². The second kappa shape index (κ2) is 5.13. The Morgan fingerprint density at radius 2 is 2.25 bits per heavy atom. The van der Waals surface area contributed by atoms with Crippen molar-refractivity contribution in [2.75, 3.05) is 7.11 Å². The molecule has 0 bridgehead atoms. The van der Waals surface area contributed by atoms with Crippen LogP contribution in [0, 0.1) is 5.82 Å². The van der Waals surface area contributed by atoms with Gasteiger partial charge < -0.3 is 10.1 Å². The van der Waals surface area contributed by atoms with Crippen molar-refractivity contribution < 1.29 is 9.13 Å². The summed E-state index contributed by atoms with van der Waals surface area (Å²) in [4.78, 5) is 0. The Labute approximate surface area is 99.7 Å². The third kappa shape index (κ3) is 2.73. The summed E-state index contributed by atoms with van der Waals surface area (Å²) in [7, 11) is 1.72. The first kappa shape index (κ1) is 11.8. The first-order valence-corrected chi connectivity index (χ1v) is 5.77. The topological polar surface area (TPSA) is 21.3 Å². The van der Waals surface area contributed by atoms with Crippen molar-refractivity contribution >= 4 is 11.6 Å². The number of methoxy groups -OCH3 is 1. The maximum Gasteiger partial charge on any atom is 0.127 e.